The van der Waals surface area contributed by atoms with Crippen molar-refractivity contribution >= 4 is 46.5 Å². The van der Waals surface area contributed by atoms with Gasteiger partial charge in [0.1, 0.15) is 0 Å². The van der Waals surface area contributed by atoms with Crippen LogP contribution in [-0.4, -0.2) is 48.8 Å². The van der Waals surface area contributed by atoms with Crippen molar-refractivity contribution in [3.63, 3.8) is 0 Å². The minimum Gasteiger partial charge on any atom is -0.493 e. The molecule has 1 N–H and O–H groups in total. The first-order chi connectivity index (χ1) is 14.9. The van der Waals surface area contributed by atoms with Crippen LogP contribution in [0.3, 0.4) is 0 Å². The highest BCUT2D eigenvalue weighted by Crippen LogP contribution is 2.34. The Balaban J connectivity index is 1.62. The Bertz CT molecular complexity index is 1020. The maximum absolute atomic E-state index is 12.7. The molecule has 162 valence electrons. The van der Waals surface area contributed by atoms with Crippen molar-refractivity contribution in [3.8, 4) is 11.5 Å². The second-order valence-corrected chi connectivity index (χ2v) is 7.87. The summed E-state index contributed by atoms with van der Waals surface area (Å²) in [5, 5.41) is 2.85. The number of carbonyl (C=O) groups is 3. The number of benzene rings is 2. The summed E-state index contributed by atoms with van der Waals surface area (Å²) in [6.45, 7) is 2.60. The van der Waals surface area contributed by atoms with Gasteiger partial charge in [-0.05, 0) is 66.7 Å². The summed E-state index contributed by atoms with van der Waals surface area (Å²) in [6, 6.07) is 11.7. The van der Waals surface area contributed by atoms with Gasteiger partial charge in [-0.15, -0.1) is 0 Å². The molecule has 0 aliphatic carbocycles. The number of hydrogen-bond acceptors (Lipinski definition) is 6. The lowest BCUT2D eigenvalue weighted by molar-refractivity contribution is -0.122. The van der Waals surface area contributed by atoms with Gasteiger partial charge in [0.15, 0.2) is 11.5 Å². The summed E-state index contributed by atoms with van der Waals surface area (Å²) < 4.78 is 10.8. The summed E-state index contributed by atoms with van der Waals surface area (Å²) in [4.78, 5) is 38.5. The average Bonchev–Trinajstić information content (AvgIpc) is 3.02. The molecule has 9 heteroatoms. The third kappa shape index (κ3) is 5.59. The monoisotopic (exact) mass is 460 g/mol. The van der Waals surface area contributed by atoms with E-state index in [0.29, 0.717) is 39.2 Å². The highest BCUT2D eigenvalue weighted by atomic mass is 35.5. The van der Waals surface area contributed by atoms with Crippen LogP contribution in [0.4, 0.5) is 4.79 Å². The van der Waals surface area contributed by atoms with Gasteiger partial charge in [0, 0.05) is 23.7 Å². The Labute approximate surface area is 189 Å². The molecule has 0 spiro atoms. The van der Waals surface area contributed by atoms with E-state index in [1.807, 2.05) is 6.92 Å². The zero-order valence-electron chi connectivity index (χ0n) is 17.0. The lowest BCUT2D eigenvalue weighted by Gasteiger charge is -2.13. The number of carbonyl (C=O) groups excluding carboxylic acids is 3. The zero-order chi connectivity index (χ0) is 22.4. The van der Waals surface area contributed by atoms with Crippen molar-refractivity contribution in [3.05, 3.63) is 63.5 Å². The van der Waals surface area contributed by atoms with E-state index in [1.54, 1.807) is 48.5 Å². The van der Waals surface area contributed by atoms with Crippen LogP contribution < -0.4 is 14.8 Å². The number of amides is 3. The number of methoxy groups -OCH3 is 1. The lowest BCUT2D eigenvalue weighted by Crippen LogP contribution is -2.37. The molecule has 0 unspecified atom stereocenters. The summed E-state index contributed by atoms with van der Waals surface area (Å²) in [6.07, 6.45) is 1.63. The van der Waals surface area contributed by atoms with E-state index in [-0.39, 0.29) is 24.2 Å². The minimum atomic E-state index is -0.399. The van der Waals surface area contributed by atoms with Gasteiger partial charge >= 0.3 is 0 Å². The molecule has 3 rings (SSSR count). The molecule has 1 fully saturated rings. The first-order valence-electron chi connectivity index (χ1n) is 9.53. The molecule has 1 aliphatic heterocycles. The van der Waals surface area contributed by atoms with Gasteiger partial charge in [-0.3, -0.25) is 19.3 Å². The SMILES string of the molecule is CCOc1ccc(/C=C2\SC(=O)N(CCNC(=O)c3ccc(Cl)cc3)C2=O)cc1OC. The van der Waals surface area contributed by atoms with E-state index in [0.717, 1.165) is 16.7 Å². The molecule has 3 amide bonds. The van der Waals surface area contributed by atoms with Crippen molar-refractivity contribution in [2.24, 2.45) is 0 Å². The number of thioether (sulfide) groups is 1. The molecule has 1 heterocycles. The van der Waals surface area contributed by atoms with Gasteiger partial charge < -0.3 is 14.8 Å². The number of nitrogens with zero attached hydrogens (tertiary/aromatic N) is 1. The maximum Gasteiger partial charge on any atom is 0.293 e. The molecular weight excluding hydrogens is 440 g/mol. The zero-order valence-corrected chi connectivity index (χ0v) is 18.6. The summed E-state index contributed by atoms with van der Waals surface area (Å²) in [5.74, 6) is 0.440. The van der Waals surface area contributed by atoms with Crippen LogP contribution in [-0.2, 0) is 4.79 Å². The van der Waals surface area contributed by atoms with Crippen LogP contribution in [0.15, 0.2) is 47.4 Å². The predicted molar refractivity (Wildman–Crippen MR) is 121 cm³/mol. The topological polar surface area (TPSA) is 84.9 Å². The van der Waals surface area contributed by atoms with Crippen LogP contribution >= 0.6 is 23.4 Å². The number of nitrogens with one attached hydrogen (secondary N) is 1. The molecule has 0 radical (unpaired) electrons. The number of hydrogen-bond donors (Lipinski definition) is 1. The van der Waals surface area contributed by atoms with Gasteiger partial charge in [-0.25, -0.2) is 0 Å². The van der Waals surface area contributed by atoms with Crippen LogP contribution in [0, 0.1) is 0 Å². The van der Waals surface area contributed by atoms with Gasteiger partial charge in [-0.2, -0.15) is 0 Å². The summed E-state index contributed by atoms with van der Waals surface area (Å²) in [5.41, 5.74) is 1.16. The average molecular weight is 461 g/mol. The normalized spacial score (nSPS) is 14.8. The molecular formula is C22H21ClN2O5S. The Hall–Kier alpha value is -2.97. The lowest BCUT2D eigenvalue weighted by atomic mass is 10.2. The second kappa shape index (κ2) is 10.4. The van der Waals surface area contributed by atoms with Crippen LogP contribution in [0.25, 0.3) is 6.08 Å². The number of halogens is 1. The van der Waals surface area contributed by atoms with Crippen LogP contribution in [0.1, 0.15) is 22.8 Å². The summed E-state index contributed by atoms with van der Waals surface area (Å²) >= 11 is 6.68. The van der Waals surface area contributed by atoms with E-state index < -0.39 is 5.91 Å². The van der Waals surface area contributed by atoms with Crippen molar-refractivity contribution in [2.75, 3.05) is 26.8 Å². The maximum atomic E-state index is 12.7. The number of rotatable bonds is 8. The van der Waals surface area contributed by atoms with E-state index in [9.17, 15) is 14.4 Å². The smallest absolute Gasteiger partial charge is 0.293 e. The van der Waals surface area contributed by atoms with Crippen LogP contribution in [0.5, 0.6) is 11.5 Å². The van der Waals surface area contributed by atoms with E-state index in [4.69, 9.17) is 21.1 Å². The molecule has 0 saturated carbocycles. The van der Waals surface area contributed by atoms with Crippen molar-refractivity contribution in [1.29, 1.82) is 0 Å². The Kier molecular flexibility index (Phi) is 7.59. The quantitative estimate of drug-likeness (QED) is 0.594. The van der Waals surface area contributed by atoms with Crippen molar-refractivity contribution < 1.29 is 23.9 Å². The minimum absolute atomic E-state index is 0.0773. The van der Waals surface area contributed by atoms with Gasteiger partial charge in [0.2, 0.25) is 0 Å². The fourth-order valence-corrected chi connectivity index (χ4v) is 3.87. The molecule has 7 nitrogen and oxygen atoms in total. The third-order valence-corrected chi connectivity index (χ3v) is 5.55. The van der Waals surface area contributed by atoms with E-state index >= 15 is 0 Å². The fraction of sp³-hybridized carbons (Fsp3) is 0.227. The first kappa shape index (κ1) is 22.7. The standard InChI is InChI=1S/C22H21ClN2O5S/c1-3-30-17-9-4-14(12-18(17)29-2)13-19-21(27)25(22(28)31-19)11-10-24-20(26)15-5-7-16(23)8-6-15/h4-9,12-13H,3,10-11H2,1-2H3,(H,24,26)/b19-13-. The molecule has 2 aromatic carbocycles. The van der Waals surface area contributed by atoms with E-state index in [1.165, 1.54) is 7.11 Å². The Morgan fingerprint density at radius 3 is 2.58 bits per heavy atom. The molecule has 1 saturated heterocycles. The second-order valence-electron chi connectivity index (χ2n) is 6.44. The molecule has 0 aromatic heterocycles. The molecule has 2 aromatic rings. The van der Waals surface area contributed by atoms with Gasteiger partial charge in [0.05, 0.1) is 18.6 Å². The van der Waals surface area contributed by atoms with Crippen molar-refractivity contribution in [1.82, 2.24) is 10.2 Å². The predicted octanol–water partition coefficient (Wildman–Crippen LogP) is 4.21. The first-order valence-corrected chi connectivity index (χ1v) is 10.7. The number of ether oxygens (including phenoxy) is 2. The van der Waals surface area contributed by atoms with Gasteiger partial charge in [-0.1, -0.05) is 17.7 Å². The largest absolute Gasteiger partial charge is 0.493 e. The highest BCUT2D eigenvalue weighted by Gasteiger charge is 2.34. The fourth-order valence-electron chi connectivity index (χ4n) is 2.88. The Morgan fingerprint density at radius 1 is 1.16 bits per heavy atom. The number of imide groups is 1. The molecule has 31 heavy (non-hydrogen) atoms. The third-order valence-electron chi connectivity index (χ3n) is 4.39. The van der Waals surface area contributed by atoms with Gasteiger partial charge in [0.25, 0.3) is 17.1 Å². The van der Waals surface area contributed by atoms with Crippen LogP contribution in [0.2, 0.25) is 5.02 Å². The van der Waals surface area contributed by atoms with E-state index in [2.05, 4.69) is 5.32 Å². The Morgan fingerprint density at radius 2 is 1.90 bits per heavy atom. The summed E-state index contributed by atoms with van der Waals surface area (Å²) in [7, 11) is 1.54. The molecule has 1 aliphatic rings. The molecule has 0 bridgehead atoms. The van der Waals surface area contributed by atoms with Crippen molar-refractivity contribution in [2.45, 2.75) is 6.92 Å². The molecule has 0 atom stereocenters. The highest BCUT2D eigenvalue weighted by molar-refractivity contribution is 8.18.